The molecule has 2 amide bonds. The Morgan fingerprint density at radius 2 is 1.48 bits per heavy atom. The number of nitrogens with zero attached hydrogens (tertiary/aromatic N) is 4. The highest BCUT2D eigenvalue weighted by Crippen LogP contribution is 2.48. The first-order valence-electron chi connectivity index (χ1n) is 16.9. The Balaban J connectivity index is 1.27. The maximum atomic E-state index is 14.5. The molecule has 0 bridgehead atoms. The van der Waals surface area contributed by atoms with Crippen LogP contribution in [0.15, 0.2) is 103 Å². The number of pyridine rings is 1. The molecule has 0 saturated carbocycles. The van der Waals surface area contributed by atoms with Crippen molar-refractivity contribution in [2.45, 2.75) is 19.2 Å². The third-order valence-electron chi connectivity index (χ3n) is 9.40. The van der Waals surface area contributed by atoms with Crippen LogP contribution in [0.2, 0.25) is 0 Å². The number of hydrogen-bond acceptors (Lipinski definition) is 9. The SMILES string of the molecule is COP(=O)(CN1CCN(C(=O)Oc2c3c(c(OC(c4ccccc4)c4ccccc4)c4ncccc24)C(=O)N(Cc2ccc(F)cc2)C3)CC1)OC. The van der Waals surface area contributed by atoms with Gasteiger partial charge in [0, 0.05) is 64.1 Å². The maximum Gasteiger partial charge on any atom is 0.415 e. The van der Waals surface area contributed by atoms with Gasteiger partial charge in [0.05, 0.1) is 12.1 Å². The lowest BCUT2D eigenvalue weighted by Gasteiger charge is -2.35. The van der Waals surface area contributed by atoms with Crippen LogP contribution in [0.1, 0.15) is 38.7 Å². The minimum absolute atomic E-state index is 0.104. The molecule has 1 aromatic heterocycles. The summed E-state index contributed by atoms with van der Waals surface area (Å²) in [6.07, 6.45) is 0.540. The normalized spacial score (nSPS) is 15.0. The molecule has 7 rings (SSSR count). The van der Waals surface area contributed by atoms with Crippen molar-refractivity contribution in [3.05, 3.63) is 137 Å². The summed E-state index contributed by atoms with van der Waals surface area (Å²) in [6.45, 7) is 1.81. The average molecular weight is 725 g/mol. The number of aromatic nitrogens is 1. The van der Waals surface area contributed by atoms with Crippen LogP contribution in [0, 0.1) is 5.82 Å². The highest BCUT2D eigenvalue weighted by molar-refractivity contribution is 7.53. The van der Waals surface area contributed by atoms with Gasteiger partial charge < -0.3 is 28.3 Å². The molecule has 0 radical (unpaired) electrons. The zero-order chi connectivity index (χ0) is 36.2. The van der Waals surface area contributed by atoms with Crippen LogP contribution in [-0.2, 0) is 26.7 Å². The molecule has 0 spiro atoms. The quantitative estimate of drug-likeness (QED) is 0.130. The lowest BCUT2D eigenvalue weighted by Crippen LogP contribution is -2.49. The molecular weight excluding hydrogens is 686 g/mol. The van der Waals surface area contributed by atoms with Gasteiger partial charge in [-0.05, 0) is 41.0 Å². The van der Waals surface area contributed by atoms with Crippen molar-refractivity contribution < 1.29 is 37.1 Å². The molecule has 2 aliphatic rings. The zero-order valence-corrected chi connectivity index (χ0v) is 29.7. The molecule has 5 aromatic rings. The second-order valence-corrected chi connectivity index (χ2v) is 14.8. The fraction of sp³-hybridized carbons (Fsp3) is 0.256. The van der Waals surface area contributed by atoms with Gasteiger partial charge in [0.25, 0.3) is 5.91 Å². The molecule has 13 heteroatoms. The van der Waals surface area contributed by atoms with Crippen LogP contribution >= 0.6 is 7.60 Å². The van der Waals surface area contributed by atoms with E-state index in [4.69, 9.17) is 23.5 Å². The Bertz CT molecular complexity index is 2070. The first-order chi connectivity index (χ1) is 25.3. The number of hydrogen-bond donors (Lipinski definition) is 0. The van der Waals surface area contributed by atoms with E-state index in [9.17, 15) is 18.5 Å². The smallest absolute Gasteiger partial charge is 0.415 e. The molecule has 3 heterocycles. The molecule has 1 saturated heterocycles. The van der Waals surface area contributed by atoms with Gasteiger partial charge in [0.1, 0.15) is 29.5 Å². The molecule has 0 N–H and O–H groups in total. The van der Waals surface area contributed by atoms with Gasteiger partial charge in [-0.3, -0.25) is 19.2 Å². The summed E-state index contributed by atoms with van der Waals surface area (Å²) >= 11 is 0. The number of piperazine rings is 1. The summed E-state index contributed by atoms with van der Waals surface area (Å²) in [4.78, 5) is 38.1. The van der Waals surface area contributed by atoms with E-state index < -0.39 is 19.8 Å². The Kier molecular flexibility index (Phi) is 10.3. The van der Waals surface area contributed by atoms with Crippen LogP contribution in [0.25, 0.3) is 10.9 Å². The van der Waals surface area contributed by atoms with Crippen LogP contribution in [0.5, 0.6) is 11.5 Å². The molecular formula is C39H38FN4O7P. The van der Waals surface area contributed by atoms with E-state index >= 15 is 0 Å². The number of halogens is 1. The van der Waals surface area contributed by atoms with Gasteiger partial charge in [-0.2, -0.15) is 0 Å². The summed E-state index contributed by atoms with van der Waals surface area (Å²) in [7, 11) is -0.566. The number of ether oxygens (including phenoxy) is 2. The molecule has 0 atom stereocenters. The Morgan fingerprint density at radius 1 is 0.846 bits per heavy atom. The average Bonchev–Trinajstić information content (AvgIpc) is 3.51. The summed E-state index contributed by atoms with van der Waals surface area (Å²) in [5.41, 5.74) is 3.62. The number of fused-ring (bicyclic) bond motifs is 2. The second-order valence-electron chi connectivity index (χ2n) is 12.6. The molecule has 11 nitrogen and oxygen atoms in total. The molecule has 0 unspecified atom stereocenters. The van der Waals surface area contributed by atoms with Crippen LogP contribution in [0.3, 0.4) is 0 Å². The summed E-state index contributed by atoms with van der Waals surface area (Å²) in [6, 6.07) is 29.0. The topological polar surface area (TPSA) is 111 Å². The summed E-state index contributed by atoms with van der Waals surface area (Å²) < 4.78 is 49.8. The predicted molar refractivity (Wildman–Crippen MR) is 193 cm³/mol. The second kappa shape index (κ2) is 15.2. The van der Waals surface area contributed by atoms with E-state index in [0.29, 0.717) is 42.6 Å². The lowest BCUT2D eigenvalue weighted by molar-refractivity contribution is 0.0762. The molecule has 52 heavy (non-hydrogen) atoms. The fourth-order valence-corrected chi connectivity index (χ4v) is 7.78. The molecule has 2 aliphatic heterocycles. The summed E-state index contributed by atoms with van der Waals surface area (Å²) in [5, 5.41) is 0.515. The lowest BCUT2D eigenvalue weighted by atomic mass is 9.99. The van der Waals surface area contributed by atoms with Crippen molar-refractivity contribution in [3.63, 3.8) is 0 Å². The number of carbonyl (C=O) groups excluding carboxylic acids is 2. The van der Waals surface area contributed by atoms with Crippen LogP contribution in [-0.4, -0.2) is 78.4 Å². The van der Waals surface area contributed by atoms with Gasteiger partial charge in [-0.1, -0.05) is 72.8 Å². The highest BCUT2D eigenvalue weighted by atomic mass is 31.2. The van der Waals surface area contributed by atoms with E-state index in [0.717, 1.165) is 16.7 Å². The number of rotatable bonds is 11. The van der Waals surface area contributed by atoms with Gasteiger partial charge in [0.15, 0.2) is 5.75 Å². The van der Waals surface area contributed by atoms with Crippen LogP contribution < -0.4 is 9.47 Å². The largest absolute Gasteiger partial charge is 0.478 e. The zero-order valence-electron chi connectivity index (χ0n) is 28.8. The highest BCUT2D eigenvalue weighted by Gasteiger charge is 2.39. The van der Waals surface area contributed by atoms with Crippen LogP contribution in [0.4, 0.5) is 9.18 Å². The van der Waals surface area contributed by atoms with Crippen molar-refractivity contribution in [2.75, 3.05) is 46.7 Å². The Labute approximate surface area is 301 Å². The first kappa shape index (κ1) is 35.3. The minimum atomic E-state index is -3.26. The Hall–Kier alpha value is -5.13. The van der Waals surface area contributed by atoms with Crippen molar-refractivity contribution in [1.82, 2.24) is 19.7 Å². The van der Waals surface area contributed by atoms with E-state index in [1.165, 1.54) is 26.4 Å². The minimum Gasteiger partial charge on any atom is -0.478 e. The van der Waals surface area contributed by atoms with E-state index in [1.807, 2.05) is 65.6 Å². The molecule has 4 aromatic carbocycles. The number of amides is 2. The Morgan fingerprint density at radius 3 is 2.10 bits per heavy atom. The molecule has 0 aliphatic carbocycles. The monoisotopic (exact) mass is 724 g/mol. The number of benzene rings is 4. The number of carbonyl (C=O) groups is 2. The van der Waals surface area contributed by atoms with Gasteiger partial charge in [-0.25, -0.2) is 9.18 Å². The van der Waals surface area contributed by atoms with E-state index in [2.05, 4.69) is 0 Å². The predicted octanol–water partition coefficient (Wildman–Crippen LogP) is 7.26. The third kappa shape index (κ3) is 7.29. The van der Waals surface area contributed by atoms with Crippen molar-refractivity contribution in [1.29, 1.82) is 0 Å². The van der Waals surface area contributed by atoms with E-state index in [1.54, 1.807) is 40.3 Å². The van der Waals surface area contributed by atoms with E-state index in [-0.39, 0.29) is 48.2 Å². The first-order valence-corrected chi connectivity index (χ1v) is 18.6. The fourth-order valence-electron chi connectivity index (χ4n) is 6.63. The molecule has 1 fully saturated rings. The van der Waals surface area contributed by atoms with Crippen molar-refractivity contribution >= 4 is 30.5 Å². The van der Waals surface area contributed by atoms with Crippen molar-refractivity contribution in [2.24, 2.45) is 0 Å². The summed E-state index contributed by atoms with van der Waals surface area (Å²) in [5.74, 6) is -0.188. The van der Waals surface area contributed by atoms with Gasteiger partial charge in [0.2, 0.25) is 0 Å². The molecule has 268 valence electrons. The van der Waals surface area contributed by atoms with Crippen molar-refractivity contribution in [3.8, 4) is 11.5 Å². The standard InChI is InChI=1S/C39H38FN4O7P/c1-48-52(47,49-2)26-42-20-22-43(23-21-42)39(46)51-36-31-14-9-19-41-34(31)37(50-35(28-10-5-3-6-11-28)29-12-7-4-8-13-29)33-32(36)25-44(38(33)45)24-27-15-17-30(40)18-16-27/h3-19,35H,20-26H2,1-2H3. The third-order valence-corrected chi connectivity index (χ3v) is 11.3. The van der Waals surface area contributed by atoms with Gasteiger partial charge in [-0.15, -0.1) is 0 Å². The van der Waals surface area contributed by atoms with Gasteiger partial charge >= 0.3 is 13.7 Å². The maximum absolute atomic E-state index is 14.5.